The molecule has 1 N–H and O–H groups in total. The maximum atomic E-state index is 4.23. The van der Waals surface area contributed by atoms with Gasteiger partial charge in [-0.1, -0.05) is 18.2 Å². The molecule has 4 heteroatoms. The third kappa shape index (κ3) is 2.00. The van der Waals surface area contributed by atoms with Crippen molar-refractivity contribution in [3.8, 4) is 0 Å². The number of fused-ring (bicyclic) bond motifs is 1. The van der Waals surface area contributed by atoms with Gasteiger partial charge in [-0.25, -0.2) is 4.98 Å². The molecule has 0 radical (unpaired) electrons. The number of nitrogens with one attached hydrogen (secondary N) is 1. The maximum absolute atomic E-state index is 4.23. The first-order valence-electron chi connectivity index (χ1n) is 7.29. The summed E-state index contributed by atoms with van der Waals surface area (Å²) < 4.78 is 2.14. The van der Waals surface area contributed by atoms with Gasteiger partial charge in [0.05, 0.1) is 12.4 Å². The standard InChI is InChI=1S/C18H16N4/c1-13-17(15-4-2-3-5-16(15)21-13)18(22-11-10-20-12-22)14-6-8-19-9-7-14/h2-12,18,21H,1H3. The molecule has 4 nitrogen and oxygen atoms in total. The first kappa shape index (κ1) is 12.8. The van der Waals surface area contributed by atoms with E-state index >= 15 is 0 Å². The topological polar surface area (TPSA) is 46.5 Å². The number of benzene rings is 1. The van der Waals surface area contributed by atoms with Crippen LogP contribution in [0.15, 0.2) is 67.5 Å². The predicted octanol–water partition coefficient (Wildman–Crippen LogP) is 3.71. The first-order valence-corrected chi connectivity index (χ1v) is 7.29. The molecule has 4 aromatic rings. The Kier molecular flexibility index (Phi) is 3.00. The minimum Gasteiger partial charge on any atom is -0.358 e. The van der Waals surface area contributed by atoms with E-state index in [0.29, 0.717) is 0 Å². The number of H-pyrrole nitrogens is 1. The van der Waals surface area contributed by atoms with Gasteiger partial charge in [-0.05, 0) is 30.7 Å². The minimum atomic E-state index is 0.0849. The van der Waals surface area contributed by atoms with E-state index < -0.39 is 0 Å². The van der Waals surface area contributed by atoms with Crippen molar-refractivity contribution in [2.24, 2.45) is 0 Å². The Morgan fingerprint density at radius 3 is 2.59 bits per heavy atom. The molecule has 108 valence electrons. The molecule has 1 unspecified atom stereocenters. The Morgan fingerprint density at radius 2 is 1.82 bits per heavy atom. The van der Waals surface area contributed by atoms with Crippen LogP contribution in [0.5, 0.6) is 0 Å². The van der Waals surface area contributed by atoms with Crippen LogP contribution < -0.4 is 0 Å². The third-order valence-electron chi connectivity index (χ3n) is 4.06. The van der Waals surface area contributed by atoms with E-state index in [2.05, 4.69) is 62.8 Å². The van der Waals surface area contributed by atoms with Gasteiger partial charge in [0, 0.05) is 46.9 Å². The lowest BCUT2D eigenvalue weighted by Crippen LogP contribution is -2.11. The van der Waals surface area contributed by atoms with E-state index in [1.807, 2.05) is 31.1 Å². The Balaban J connectivity index is 2.00. The Labute approximate surface area is 128 Å². The minimum absolute atomic E-state index is 0.0849. The zero-order valence-corrected chi connectivity index (χ0v) is 12.3. The molecule has 1 aromatic carbocycles. The van der Waals surface area contributed by atoms with E-state index in [1.54, 1.807) is 0 Å². The van der Waals surface area contributed by atoms with Crippen molar-refractivity contribution in [2.45, 2.75) is 13.0 Å². The summed E-state index contributed by atoms with van der Waals surface area (Å²) in [5.74, 6) is 0. The monoisotopic (exact) mass is 288 g/mol. The Hall–Kier alpha value is -2.88. The van der Waals surface area contributed by atoms with E-state index in [9.17, 15) is 0 Å². The first-order chi connectivity index (χ1) is 10.8. The number of para-hydroxylation sites is 1. The number of hydrogen-bond donors (Lipinski definition) is 1. The summed E-state index contributed by atoms with van der Waals surface area (Å²) >= 11 is 0. The average Bonchev–Trinajstić information content (AvgIpc) is 3.18. The molecule has 0 saturated heterocycles. The molecule has 0 saturated carbocycles. The van der Waals surface area contributed by atoms with Crippen molar-refractivity contribution in [3.05, 3.63) is 84.3 Å². The average molecular weight is 288 g/mol. The van der Waals surface area contributed by atoms with Crippen LogP contribution in [0.3, 0.4) is 0 Å². The number of imidazole rings is 1. The van der Waals surface area contributed by atoms with Gasteiger partial charge < -0.3 is 9.55 Å². The summed E-state index contributed by atoms with van der Waals surface area (Å²) in [6, 6.07) is 12.6. The van der Waals surface area contributed by atoms with Crippen LogP contribution in [-0.2, 0) is 0 Å². The molecular weight excluding hydrogens is 272 g/mol. The SMILES string of the molecule is Cc1[nH]c2ccccc2c1C(c1ccncc1)n1ccnc1. The molecule has 0 aliphatic heterocycles. The molecule has 3 aromatic heterocycles. The van der Waals surface area contributed by atoms with Gasteiger partial charge >= 0.3 is 0 Å². The molecule has 0 bridgehead atoms. The van der Waals surface area contributed by atoms with Crippen molar-refractivity contribution < 1.29 is 0 Å². The quantitative estimate of drug-likeness (QED) is 0.624. The van der Waals surface area contributed by atoms with Crippen LogP contribution in [-0.4, -0.2) is 19.5 Å². The van der Waals surface area contributed by atoms with Gasteiger partial charge in [-0.15, -0.1) is 0 Å². The second-order valence-corrected chi connectivity index (χ2v) is 5.40. The highest BCUT2D eigenvalue weighted by molar-refractivity contribution is 5.85. The van der Waals surface area contributed by atoms with Gasteiger partial charge in [0.15, 0.2) is 0 Å². The molecule has 1 atom stereocenters. The molecule has 0 fully saturated rings. The highest BCUT2D eigenvalue weighted by atomic mass is 15.1. The van der Waals surface area contributed by atoms with Crippen molar-refractivity contribution in [3.63, 3.8) is 0 Å². The summed E-state index contributed by atoms with van der Waals surface area (Å²) in [5.41, 5.74) is 4.81. The lowest BCUT2D eigenvalue weighted by molar-refractivity contribution is 0.676. The van der Waals surface area contributed by atoms with Crippen LogP contribution in [0.1, 0.15) is 22.9 Å². The van der Waals surface area contributed by atoms with Gasteiger partial charge in [0.25, 0.3) is 0 Å². The van der Waals surface area contributed by atoms with Crippen LogP contribution in [0.4, 0.5) is 0 Å². The lowest BCUT2D eigenvalue weighted by Gasteiger charge is -2.20. The van der Waals surface area contributed by atoms with Crippen molar-refractivity contribution in [2.75, 3.05) is 0 Å². The van der Waals surface area contributed by atoms with E-state index in [1.165, 1.54) is 22.2 Å². The molecular formula is C18H16N4. The predicted molar refractivity (Wildman–Crippen MR) is 86.7 cm³/mol. The van der Waals surface area contributed by atoms with Crippen LogP contribution >= 0.6 is 0 Å². The fourth-order valence-corrected chi connectivity index (χ4v) is 3.11. The number of aryl methyl sites for hydroxylation is 1. The van der Waals surface area contributed by atoms with Crippen molar-refractivity contribution in [1.29, 1.82) is 0 Å². The summed E-state index contributed by atoms with van der Waals surface area (Å²) in [6.45, 7) is 2.13. The van der Waals surface area contributed by atoms with Gasteiger partial charge in [0.2, 0.25) is 0 Å². The number of aromatic amines is 1. The molecule has 22 heavy (non-hydrogen) atoms. The summed E-state index contributed by atoms with van der Waals surface area (Å²) in [4.78, 5) is 11.9. The number of aromatic nitrogens is 4. The van der Waals surface area contributed by atoms with Gasteiger partial charge in [-0.3, -0.25) is 4.98 Å². The molecule has 3 heterocycles. The van der Waals surface area contributed by atoms with E-state index in [-0.39, 0.29) is 6.04 Å². The fraction of sp³-hybridized carbons (Fsp3) is 0.111. The molecule has 0 aliphatic rings. The van der Waals surface area contributed by atoms with E-state index in [0.717, 1.165) is 5.52 Å². The fourth-order valence-electron chi connectivity index (χ4n) is 3.11. The highest BCUT2D eigenvalue weighted by Crippen LogP contribution is 2.34. The van der Waals surface area contributed by atoms with Crippen molar-refractivity contribution in [1.82, 2.24) is 19.5 Å². The Morgan fingerprint density at radius 1 is 1.00 bits per heavy atom. The second kappa shape index (κ2) is 5.15. The van der Waals surface area contributed by atoms with E-state index in [4.69, 9.17) is 0 Å². The maximum Gasteiger partial charge on any atom is 0.0954 e. The largest absolute Gasteiger partial charge is 0.358 e. The lowest BCUT2D eigenvalue weighted by atomic mass is 9.96. The zero-order chi connectivity index (χ0) is 14.9. The molecule has 0 amide bonds. The van der Waals surface area contributed by atoms with Crippen molar-refractivity contribution >= 4 is 10.9 Å². The smallest absolute Gasteiger partial charge is 0.0954 e. The van der Waals surface area contributed by atoms with Gasteiger partial charge in [0.1, 0.15) is 0 Å². The summed E-state index contributed by atoms with van der Waals surface area (Å²) in [7, 11) is 0. The number of hydrogen-bond acceptors (Lipinski definition) is 2. The normalized spacial score (nSPS) is 12.6. The third-order valence-corrected chi connectivity index (χ3v) is 4.06. The Bertz CT molecular complexity index is 891. The zero-order valence-electron chi connectivity index (χ0n) is 12.3. The second-order valence-electron chi connectivity index (χ2n) is 5.40. The van der Waals surface area contributed by atoms with Gasteiger partial charge in [-0.2, -0.15) is 0 Å². The summed E-state index contributed by atoms with van der Waals surface area (Å²) in [5, 5.41) is 1.25. The number of rotatable bonds is 3. The molecule has 0 spiro atoms. The molecule has 4 rings (SSSR count). The number of nitrogens with zero attached hydrogens (tertiary/aromatic N) is 3. The molecule has 0 aliphatic carbocycles. The van der Waals surface area contributed by atoms with Crippen LogP contribution in [0, 0.1) is 6.92 Å². The highest BCUT2D eigenvalue weighted by Gasteiger charge is 2.21. The van der Waals surface area contributed by atoms with Crippen LogP contribution in [0.2, 0.25) is 0 Å². The van der Waals surface area contributed by atoms with Crippen LogP contribution in [0.25, 0.3) is 10.9 Å². The summed E-state index contributed by atoms with van der Waals surface area (Å²) in [6.07, 6.45) is 9.36. The number of pyridine rings is 1.